The summed E-state index contributed by atoms with van der Waals surface area (Å²) < 4.78 is 5.20. The number of ether oxygens (including phenoxy) is 1. The van der Waals surface area contributed by atoms with Gasteiger partial charge in [-0.2, -0.15) is 11.3 Å². The van der Waals surface area contributed by atoms with Crippen molar-refractivity contribution in [2.24, 2.45) is 5.73 Å². The molecule has 1 saturated heterocycles. The molecular formula is C23H31N3O3S2. The summed E-state index contributed by atoms with van der Waals surface area (Å²) in [4.78, 5) is 29.9. The number of piperidine rings is 1. The molecule has 1 fully saturated rings. The fraction of sp³-hybridized carbons (Fsp3) is 0.478. The molecule has 1 aromatic carbocycles. The van der Waals surface area contributed by atoms with E-state index in [0.29, 0.717) is 18.7 Å². The SMILES string of the molecule is COc1ccc(SCC(=O)N(Cc2ccsc2)C2CCN(C(C)CC(N)=O)CC2)cc1. The Morgan fingerprint density at radius 2 is 1.97 bits per heavy atom. The molecule has 8 heteroatoms. The van der Waals surface area contributed by atoms with E-state index in [4.69, 9.17) is 10.5 Å². The monoisotopic (exact) mass is 461 g/mol. The zero-order valence-electron chi connectivity index (χ0n) is 18.2. The average molecular weight is 462 g/mol. The standard InChI is InChI=1S/C23H31N3O3S2/c1-17(13-22(24)27)25-10-7-19(8-11-25)26(14-18-9-12-30-15-18)23(28)16-31-21-5-3-20(29-2)4-6-21/h3-6,9,12,15,17,19H,7-8,10-11,13-14,16H2,1-2H3,(H2,24,27). The highest BCUT2D eigenvalue weighted by Crippen LogP contribution is 2.26. The van der Waals surface area contributed by atoms with E-state index in [1.807, 2.05) is 31.2 Å². The molecule has 1 aliphatic rings. The Morgan fingerprint density at radius 1 is 1.26 bits per heavy atom. The van der Waals surface area contributed by atoms with Crippen LogP contribution in [0.2, 0.25) is 0 Å². The van der Waals surface area contributed by atoms with E-state index in [1.165, 1.54) is 5.56 Å². The maximum Gasteiger partial charge on any atom is 0.233 e. The second-order valence-corrected chi connectivity index (χ2v) is 9.73. The van der Waals surface area contributed by atoms with Crippen molar-refractivity contribution in [3.8, 4) is 5.75 Å². The fourth-order valence-electron chi connectivity index (χ4n) is 3.96. The molecule has 0 radical (unpaired) electrons. The molecule has 2 amide bonds. The first-order valence-electron chi connectivity index (χ1n) is 10.6. The molecule has 6 nitrogen and oxygen atoms in total. The third-order valence-electron chi connectivity index (χ3n) is 5.73. The maximum absolute atomic E-state index is 13.2. The second kappa shape index (κ2) is 11.5. The lowest BCUT2D eigenvalue weighted by Crippen LogP contribution is -2.50. The van der Waals surface area contributed by atoms with Gasteiger partial charge in [0.1, 0.15) is 5.75 Å². The highest BCUT2D eigenvalue weighted by atomic mass is 32.2. The van der Waals surface area contributed by atoms with Crippen LogP contribution in [0.5, 0.6) is 5.75 Å². The van der Waals surface area contributed by atoms with Crippen molar-refractivity contribution in [2.75, 3.05) is 26.0 Å². The van der Waals surface area contributed by atoms with E-state index in [-0.39, 0.29) is 23.9 Å². The molecule has 2 N–H and O–H groups in total. The summed E-state index contributed by atoms with van der Waals surface area (Å²) in [5, 5.41) is 4.17. The predicted molar refractivity (Wildman–Crippen MR) is 126 cm³/mol. The zero-order chi connectivity index (χ0) is 22.2. The van der Waals surface area contributed by atoms with Crippen molar-refractivity contribution < 1.29 is 14.3 Å². The third kappa shape index (κ3) is 6.98. The van der Waals surface area contributed by atoms with E-state index in [2.05, 4.69) is 26.6 Å². The molecular weight excluding hydrogens is 430 g/mol. The summed E-state index contributed by atoms with van der Waals surface area (Å²) in [6, 6.07) is 10.2. The van der Waals surface area contributed by atoms with Crippen molar-refractivity contribution in [2.45, 2.75) is 49.7 Å². The number of hydrogen-bond donors (Lipinski definition) is 1. The summed E-state index contributed by atoms with van der Waals surface area (Å²) in [5.41, 5.74) is 6.54. The smallest absolute Gasteiger partial charge is 0.233 e. The minimum atomic E-state index is -0.264. The molecule has 2 heterocycles. The number of thioether (sulfide) groups is 1. The molecule has 2 aromatic rings. The maximum atomic E-state index is 13.2. The largest absolute Gasteiger partial charge is 0.497 e. The fourth-order valence-corrected chi connectivity index (χ4v) is 5.40. The van der Waals surface area contributed by atoms with Crippen LogP contribution >= 0.6 is 23.1 Å². The number of primary amides is 1. The zero-order valence-corrected chi connectivity index (χ0v) is 19.8. The summed E-state index contributed by atoms with van der Waals surface area (Å²) in [5.74, 6) is 1.12. The van der Waals surface area contributed by atoms with E-state index in [9.17, 15) is 9.59 Å². The highest BCUT2D eigenvalue weighted by molar-refractivity contribution is 8.00. The number of rotatable bonds is 10. The molecule has 3 rings (SSSR count). The number of benzene rings is 1. The number of carbonyl (C=O) groups is 2. The number of nitrogens with zero attached hydrogens (tertiary/aromatic N) is 2. The van der Waals surface area contributed by atoms with Crippen LogP contribution in [0.3, 0.4) is 0 Å². The van der Waals surface area contributed by atoms with Crippen molar-refractivity contribution in [1.82, 2.24) is 9.80 Å². The molecule has 1 unspecified atom stereocenters. The molecule has 1 aliphatic heterocycles. The Labute approximate surface area is 192 Å². The molecule has 1 aromatic heterocycles. The van der Waals surface area contributed by atoms with Crippen LogP contribution < -0.4 is 10.5 Å². The first-order valence-corrected chi connectivity index (χ1v) is 12.5. The van der Waals surface area contributed by atoms with Crippen molar-refractivity contribution in [1.29, 1.82) is 0 Å². The van der Waals surface area contributed by atoms with E-state index < -0.39 is 0 Å². The first-order chi connectivity index (χ1) is 15.0. The van der Waals surface area contributed by atoms with Crippen LogP contribution in [0.1, 0.15) is 31.7 Å². The summed E-state index contributed by atoms with van der Waals surface area (Å²) in [6.07, 6.45) is 2.19. The van der Waals surface area contributed by atoms with Gasteiger partial charge in [-0.05, 0) is 66.4 Å². The molecule has 1 atom stereocenters. The lowest BCUT2D eigenvalue weighted by Gasteiger charge is -2.40. The van der Waals surface area contributed by atoms with Crippen LogP contribution in [0, 0.1) is 0 Å². The highest BCUT2D eigenvalue weighted by Gasteiger charge is 2.30. The van der Waals surface area contributed by atoms with E-state index in [0.717, 1.165) is 36.6 Å². The molecule has 31 heavy (non-hydrogen) atoms. The van der Waals surface area contributed by atoms with Crippen LogP contribution in [0.15, 0.2) is 46.0 Å². The van der Waals surface area contributed by atoms with Gasteiger partial charge < -0.3 is 15.4 Å². The Kier molecular flexibility index (Phi) is 8.80. The number of hydrogen-bond acceptors (Lipinski definition) is 6. The van der Waals surface area contributed by atoms with Gasteiger partial charge in [-0.3, -0.25) is 14.5 Å². The van der Waals surface area contributed by atoms with Crippen LogP contribution in [-0.2, 0) is 16.1 Å². The molecule has 168 valence electrons. The summed E-state index contributed by atoms with van der Waals surface area (Å²) in [6.45, 7) is 4.44. The Morgan fingerprint density at radius 3 is 2.55 bits per heavy atom. The number of carbonyl (C=O) groups excluding carboxylic acids is 2. The van der Waals surface area contributed by atoms with Crippen LogP contribution in [0.4, 0.5) is 0 Å². The number of likely N-dealkylation sites (tertiary alicyclic amines) is 1. The average Bonchev–Trinajstić information content (AvgIpc) is 3.29. The van der Waals surface area contributed by atoms with Gasteiger partial charge in [0.25, 0.3) is 0 Å². The Balaban J connectivity index is 1.61. The predicted octanol–water partition coefficient (Wildman–Crippen LogP) is 3.61. The quantitative estimate of drug-likeness (QED) is 0.547. The van der Waals surface area contributed by atoms with Crippen LogP contribution in [-0.4, -0.2) is 59.7 Å². The normalized spacial score (nSPS) is 16.1. The van der Waals surface area contributed by atoms with Crippen molar-refractivity contribution in [3.63, 3.8) is 0 Å². The minimum Gasteiger partial charge on any atom is -0.497 e. The van der Waals surface area contributed by atoms with Gasteiger partial charge in [-0.1, -0.05) is 0 Å². The number of nitrogens with two attached hydrogens (primary N) is 1. The Bertz CT molecular complexity index is 834. The number of amides is 2. The lowest BCUT2D eigenvalue weighted by atomic mass is 10.00. The van der Waals surface area contributed by atoms with Gasteiger partial charge in [0, 0.05) is 43.0 Å². The minimum absolute atomic E-state index is 0.144. The van der Waals surface area contributed by atoms with Gasteiger partial charge in [0.15, 0.2) is 0 Å². The van der Waals surface area contributed by atoms with Crippen molar-refractivity contribution in [3.05, 3.63) is 46.7 Å². The van der Waals surface area contributed by atoms with Gasteiger partial charge in [-0.25, -0.2) is 0 Å². The lowest BCUT2D eigenvalue weighted by molar-refractivity contribution is -0.132. The van der Waals surface area contributed by atoms with E-state index >= 15 is 0 Å². The second-order valence-electron chi connectivity index (χ2n) is 7.90. The third-order valence-corrected chi connectivity index (χ3v) is 7.46. The molecule has 0 aliphatic carbocycles. The molecule has 0 bridgehead atoms. The van der Waals surface area contributed by atoms with Crippen LogP contribution in [0.25, 0.3) is 0 Å². The van der Waals surface area contributed by atoms with Gasteiger partial charge >= 0.3 is 0 Å². The topological polar surface area (TPSA) is 75.9 Å². The van der Waals surface area contributed by atoms with Gasteiger partial charge in [0.05, 0.1) is 12.9 Å². The summed E-state index contributed by atoms with van der Waals surface area (Å²) in [7, 11) is 1.65. The molecule has 0 spiro atoms. The Hall–Kier alpha value is -2.03. The van der Waals surface area contributed by atoms with Gasteiger partial charge in [0.2, 0.25) is 11.8 Å². The first kappa shape index (κ1) is 23.6. The van der Waals surface area contributed by atoms with Crippen molar-refractivity contribution >= 4 is 34.9 Å². The molecule has 0 saturated carbocycles. The van der Waals surface area contributed by atoms with E-state index in [1.54, 1.807) is 30.2 Å². The van der Waals surface area contributed by atoms with Gasteiger partial charge in [-0.15, -0.1) is 11.8 Å². The number of methoxy groups -OCH3 is 1. The number of thiophene rings is 1. The summed E-state index contributed by atoms with van der Waals surface area (Å²) >= 11 is 3.22.